The highest BCUT2D eigenvalue weighted by atomic mass is 32.2. The first-order valence-electron chi connectivity index (χ1n) is 9.72. The van der Waals surface area contributed by atoms with Crippen molar-refractivity contribution in [3.05, 3.63) is 58.9 Å². The monoisotopic (exact) mass is 418 g/mol. The van der Waals surface area contributed by atoms with Gasteiger partial charge in [-0.15, -0.1) is 0 Å². The van der Waals surface area contributed by atoms with Gasteiger partial charge in [-0.25, -0.2) is 12.8 Å². The van der Waals surface area contributed by atoms with Gasteiger partial charge in [0.05, 0.1) is 10.8 Å². The number of aryl methyl sites for hydroxylation is 3. The highest BCUT2D eigenvalue weighted by molar-refractivity contribution is 7.89. The Labute approximate surface area is 172 Å². The Balaban J connectivity index is 1.83. The van der Waals surface area contributed by atoms with E-state index in [0.29, 0.717) is 30.0 Å². The maximum absolute atomic E-state index is 13.3. The summed E-state index contributed by atoms with van der Waals surface area (Å²) in [6.07, 6.45) is 1.25. The Morgan fingerprint density at radius 3 is 2.28 bits per heavy atom. The highest BCUT2D eigenvalue weighted by Gasteiger charge is 2.36. The fourth-order valence-electron chi connectivity index (χ4n) is 4.13. The van der Waals surface area contributed by atoms with Gasteiger partial charge in [0.15, 0.2) is 0 Å². The molecule has 0 bridgehead atoms. The zero-order valence-corrected chi connectivity index (χ0v) is 18.1. The number of hydrogen-bond acceptors (Lipinski definition) is 3. The number of rotatable bonds is 4. The summed E-state index contributed by atoms with van der Waals surface area (Å²) in [5.74, 6) is -0.957. The number of carbonyl (C=O) groups is 1. The molecule has 29 heavy (non-hydrogen) atoms. The van der Waals surface area contributed by atoms with Crippen LogP contribution in [0.25, 0.3) is 0 Å². The number of piperidine rings is 1. The zero-order chi connectivity index (χ0) is 21.3. The van der Waals surface area contributed by atoms with Gasteiger partial charge in [-0.05, 0) is 69.0 Å². The van der Waals surface area contributed by atoms with Crippen molar-refractivity contribution >= 4 is 21.6 Å². The van der Waals surface area contributed by atoms with Gasteiger partial charge in [-0.3, -0.25) is 4.79 Å². The third-order valence-electron chi connectivity index (χ3n) is 5.48. The van der Waals surface area contributed by atoms with E-state index in [1.54, 1.807) is 19.2 Å². The minimum absolute atomic E-state index is 0.152. The van der Waals surface area contributed by atoms with Crippen molar-refractivity contribution in [1.82, 2.24) is 4.31 Å². The first kappa shape index (κ1) is 21.5. The second kappa shape index (κ2) is 8.24. The molecule has 5 nitrogen and oxygen atoms in total. The van der Waals surface area contributed by atoms with Gasteiger partial charge in [-0.1, -0.05) is 17.7 Å². The van der Waals surface area contributed by atoms with E-state index in [9.17, 15) is 17.6 Å². The number of sulfonamides is 1. The van der Waals surface area contributed by atoms with Crippen molar-refractivity contribution in [1.29, 1.82) is 0 Å². The second-order valence-electron chi connectivity index (χ2n) is 7.80. The SMILES string of the molecule is Cc1cc(C)c(S(=O)(=O)N2CCC[C@H](C(=O)N(C)c3ccc(F)cc3)C2)c(C)c1. The van der Waals surface area contributed by atoms with Gasteiger partial charge in [0.2, 0.25) is 15.9 Å². The molecule has 1 atom stereocenters. The quantitative estimate of drug-likeness (QED) is 0.759. The Hall–Kier alpha value is -2.25. The molecule has 1 aliphatic heterocycles. The summed E-state index contributed by atoms with van der Waals surface area (Å²) in [7, 11) is -2.05. The van der Waals surface area contributed by atoms with Gasteiger partial charge in [0.1, 0.15) is 5.82 Å². The summed E-state index contributed by atoms with van der Waals surface area (Å²) in [5.41, 5.74) is 3.05. The molecule has 0 spiro atoms. The summed E-state index contributed by atoms with van der Waals surface area (Å²) >= 11 is 0. The van der Waals surface area contributed by atoms with Crippen LogP contribution >= 0.6 is 0 Å². The van der Waals surface area contributed by atoms with Crippen molar-refractivity contribution in [3.8, 4) is 0 Å². The number of anilines is 1. The lowest BCUT2D eigenvalue weighted by Crippen LogP contribution is -2.46. The average Bonchev–Trinajstić information content (AvgIpc) is 2.66. The molecule has 0 aliphatic carbocycles. The molecule has 2 aromatic carbocycles. The molecule has 0 N–H and O–H groups in total. The molecule has 0 radical (unpaired) electrons. The van der Waals surface area contributed by atoms with Crippen LogP contribution in [0, 0.1) is 32.5 Å². The molecular weight excluding hydrogens is 391 g/mol. The second-order valence-corrected chi connectivity index (χ2v) is 9.68. The number of benzene rings is 2. The van der Waals surface area contributed by atoms with E-state index in [2.05, 4.69) is 0 Å². The van der Waals surface area contributed by atoms with Crippen molar-refractivity contribution in [2.24, 2.45) is 5.92 Å². The van der Waals surface area contributed by atoms with Crippen LogP contribution in [0.3, 0.4) is 0 Å². The molecule has 7 heteroatoms. The van der Waals surface area contributed by atoms with Crippen molar-refractivity contribution < 1.29 is 17.6 Å². The fraction of sp³-hybridized carbons (Fsp3) is 0.409. The summed E-state index contributed by atoms with van der Waals surface area (Å²) in [6.45, 7) is 6.11. The highest BCUT2D eigenvalue weighted by Crippen LogP contribution is 2.30. The van der Waals surface area contributed by atoms with Crippen LogP contribution in [0.1, 0.15) is 29.5 Å². The molecule has 1 amide bonds. The van der Waals surface area contributed by atoms with E-state index >= 15 is 0 Å². The van der Waals surface area contributed by atoms with E-state index in [-0.39, 0.29) is 18.3 Å². The van der Waals surface area contributed by atoms with Gasteiger partial charge in [-0.2, -0.15) is 4.31 Å². The van der Waals surface area contributed by atoms with E-state index in [1.807, 2.05) is 32.9 Å². The van der Waals surface area contributed by atoms with Gasteiger partial charge in [0, 0.05) is 25.8 Å². The molecule has 0 unspecified atom stereocenters. The molecule has 156 valence electrons. The molecular formula is C22H27FN2O3S. The third-order valence-corrected chi connectivity index (χ3v) is 7.65. The van der Waals surface area contributed by atoms with Crippen LogP contribution in [0.15, 0.2) is 41.3 Å². The smallest absolute Gasteiger partial charge is 0.243 e. The Kier molecular flexibility index (Phi) is 6.10. The van der Waals surface area contributed by atoms with Crippen molar-refractivity contribution in [3.63, 3.8) is 0 Å². The van der Waals surface area contributed by atoms with E-state index < -0.39 is 15.9 Å². The first-order chi connectivity index (χ1) is 13.6. The normalized spacial score (nSPS) is 17.9. The molecule has 3 rings (SSSR count). The lowest BCUT2D eigenvalue weighted by molar-refractivity contribution is -0.123. The minimum atomic E-state index is -3.69. The number of hydrogen-bond donors (Lipinski definition) is 0. The largest absolute Gasteiger partial charge is 0.315 e. The molecule has 1 saturated heterocycles. The van der Waals surface area contributed by atoms with Crippen molar-refractivity contribution in [2.75, 3.05) is 25.0 Å². The van der Waals surface area contributed by atoms with Crippen LogP contribution in [-0.2, 0) is 14.8 Å². The Bertz CT molecular complexity index is 996. The molecule has 0 aromatic heterocycles. The lowest BCUT2D eigenvalue weighted by Gasteiger charge is -2.34. The predicted molar refractivity (Wildman–Crippen MR) is 112 cm³/mol. The Morgan fingerprint density at radius 1 is 1.10 bits per heavy atom. The summed E-state index contributed by atoms with van der Waals surface area (Å²) in [6, 6.07) is 9.44. The topological polar surface area (TPSA) is 57.7 Å². The summed E-state index contributed by atoms with van der Waals surface area (Å²) in [4.78, 5) is 14.8. The van der Waals surface area contributed by atoms with Crippen LogP contribution in [-0.4, -0.2) is 38.8 Å². The summed E-state index contributed by atoms with van der Waals surface area (Å²) < 4.78 is 41.3. The maximum atomic E-state index is 13.3. The number of carbonyl (C=O) groups excluding carboxylic acids is 1. The van der Waals surface area contributed by atoms with Crippen LogP contribution in [0.2, 0.25) is 0 Å². The zero-order valence-electron chi connectivity index (χ0n) is 17.3. The molecule has 2 aromatic rings. The van der Waals surface area contributed by atoms with Gasteiger partial charge < -0.3 is 4.90 Å². The fourth-order valence-corrected chi connectivity index (χ4v) is 6.07. The van der Waals surface area contributed by atoms with Crippen LogP contribution in [0.4, 0.5) is 10.1 Å². The van der Waals surface area contributed by atoms with Crippen molar-refractivity contribution in [2.45, 2.75) is 38.5 Å². The molecule has 0 saturated carbocycles. The average molecular weight is 419 g/mol. The lowest BCUT2D eigenvalue weighted by atomic mass is 9.98. The maximum Gasteiger partial charge on any atom is 0.243 e. The minimum Gasteiger partial charge on any atom is -0.315 e. The van der Waals surface area contributed by atoms with Gasteiger partial charge >= 0.3 is 0 Å². The predicted octanol–water partition coefficient (Wildman–Crippen LogP) is 3.81. The Morgan fingerprint density at radius 2 is 1.69 bits per heavy atom. The number of halogens is 1. The third kappa shape index (κ3) is 4.36. The summed E-state index contributed by atoms with van der Waals surface area (Å²) in [5, 5.41) is 0. The van der Waals surface area contributed by atoms with E-state index in [0.717, 1.165) is 16.7 Å². The standard InChI is InChI=1S/C22H27FN2O3S/c1-15-12-16(2)21(17(3)13-15)29(27,28)25-11-5-6-18(14-25)22(26)24(4)20-9-7-19(23)8-10-20/h7-10,12-13,18H,5-6,11,14H2,1-4H3/t18-/m0/s1. The van der Waals surface area contributed by atoms with Crippen LogP contribution < -0.4 is 4.90 Å². The first-order valence-corrected chi connectivity index (χ1v) is 11.2. The molecule has 1 aliphatic rings. The van der Waals surface area contributed by atoms with E-state index in [1.165, 1.54) is 21.3 Å². The molecule has 1 heterocycles. The van der Waals surface area contributed by atoms with Crippen LogP contribution in [0.5, 0.6) is 0 Å². The van der Waals surface area contributed by atoms with E-state index in [4.69, 9.17) is 0 Å². The number of amides is 1. The number of nitrogens with zero attached hydrogens (tertiary/aromatic N) is 2. The molecule has 1 fully saturated rings. The van der Waals surface area contributed by atoms with Gasteiger partial charge in [0.25, 0.3) is 0 Å².